The van der Waals surface area contributed by atoms with E-state index in [1.165, 1.54) is 5.57 Å². The number of carbonyl (C=O) groups excluding carboxylic acids is 1. The number of allylic oxidation sites excluding steroid dienone is 1. The number of rotatable bonds is 2. The number of nitrogens with zero attached hydrogens (tertiary/aromatic N) is 1. The van der Waals surface area contributed by atoms with Gasteiger partial charge in [0, 0.05) is 21.2 Å². The minimum atomic E-state index is -0.465. The molecule has 2 aromatic carbocycles. The van der Waals surface area contributed by atoms with Gasteiger partial charge in [-0.05, 0) is 60.7 Å². The van der Waals surface area contributed by atoms with Crippen LogP contribution >= 0.6 is 23.2 Å². The summed E-state index contributed by atoms with van der Waals surface area (Å²) >= 11 is 12.4. The van der Waals surface area contributed by atoms with Crippen LogP contribution in [-0.4, -0.2) is 11.9 Å². The second kappa shape index (κ2) is 6.90. The van der Waals surface area contributed by atoms with E-state index < -0.39 is 5.91 Å². The van der Waals surface area contributed by atoms with Crippen LogP contribution in [0.15, 0.2) is 47.0 Å². The summed E-state index contributed by atoms with van der Waals surface area (Å²) in [6.07, 6.45) is 1.84. The Morgan fingerprint density at radius 1 is 1.04 bits per heavy atom. The number of guanidine groups is 1. The normalized spacial score (nSPS) is 13.4. The Labute approximate surface area is 156 Å². The van der Waals surface area contributed by atoms with Gasteiger partial charge in [0.15, 0.2) is 5.96 Å². The number of carbonyl (C=O) groups is 1. The number of hydrogen-bond donors (Lipinski definition) is 2. The standard InChI is InChI=1S/C19H17Cl2N3O/c1-10-2-3-11-4-5-12(18(25)24-19(22)23)8-15(11)17(10)14-7-6-13(20)9-16(14)21/h4-9H,2-3H2,1H3,(H4,22,23,24,25). The van der Waals surface area contributed by atoms with E-state index in [1.807, 2.05) is 24.3 Å². The molecule has 1 aliphatic carbocycles. The van der Waals surface area contributed by atoms with Crippen molar-refractivity contribution in [2.45, 2.75) is 19.8 Å². The molecule has 0 fully saturated rings. The van der Waals surface area contributed by atoms with Crippen molar-refractivity contribution in [3.63, 3.8) is 0 Å². The third-order valence-electron chi connectivity index (χ3n) is 4.25. The topological polar surface area (TPSA) is 81.5 Å². The van der Waals surface area contributed by atoms with Gasteiger partial charge in [-0.3, -0.25) is 4.79 Å². The Kier molecular flexibility index (Phi) is 4.84. The maximum Gasteiger partial charge on any atom is 0.280 e. The lowest BCUT2D eigenvalue weighted by molar-refractivity contribution is 0.100. The van der Waals surface area contributed by atoms with Gasteiger partial charge in [-0.2, -0.15) is 4.99 Å². The first kappa shape index (κ1) is 17.5. The molecule has 25 heavy (non-hydrogen) atoms. The molecule has 0 heterocycles. The van der Waals surface area contributed by atoms with Crippen LogP contribution in [0.2, 0.25) is 10.0 Å². The van der Waals surface area contributed by atoms with E-state index in [0.29, 0.717) is 15.6 Å². The van der Waals surface area contributed by atoms with Crippen LogP contribution in [0.3, 0.4) is 0 Å². The SMILES string of the molecule is CC1=C(c2ccc(Cl)cc2Cl)c2cc(C(=O)N=C(N)N)ccc2CC1. The van der Waals surface area contributed by atoms with Crippen LogP contribution < -0.4 is 11.5 Å². The first-order chi connectivity index (χ1) is 11.9. The highest BCUT2D eigenvalue weighted by Crippen LogP contribution is 2.39. The van der Waals surface area contributed by atoms with Gasteiger partial charge in [-0.25, -0.2) is 0 Å². The van der Waals surface area contributed by atoms with Crippen molar-refractivity contribution < 1.29 is 4.79 Å². The summed E-state index contributed by atoms with van der Waals surface area (Å²) in [5, 5.41) is 1.16. The molecule has 0 saturated carbocycles. The molecule has 1 aliphatic rings. The largest absolute Gasteiger partial charge is 0.370 e. The first-order valence-corrected chi connectivity index (χ1v) is 8.55. The monoisotopic (exact) mass is 373 g/mol. The van der Waals surface area contributed by atoms with Gasteiger partial charge in [0.1, 0.15) is 0 Å². The maximum absolute atomic E-state index is 12.2. The summed E-state index contributed by atoms with van der Waals surface area (Å²) in [4.78, 5) is 15.8. The van der Waals surface area contributed by atoms with Crippen molar-refractivity contribution in [3.05, 3.63) is 74.3 Å². The molecule has 3 rings (SSSR count). The molecule has 0 spiro atoms. The van der Waals surface area contributed by atoms with Crippen LogP contribution in [-0.2, 0) is 6.42 Å². The molecule has 0 saturated heterocycles. The number of aryl methyl sites for hydroxylation is 1. The van der Waals surface area contributed by atoms with Crippen molar-refractivity contribution in [2.75, 3.05) is 0 Å². The zero-order chi connectivity index (χ0) is 18.1. The zero-order valence-electron chi connectivity index (χ0n) is 13.6. The van der Waals surface area contributed by atoms with E-state index in [4.69, 9.17) is 34.7 Å². The van der Waals surface area contributed by atoms with Crippen LogP contribution in [0.5, 0.6) is 0 Å². The van der Waals surface area contributed by atoms with Gasteiger partial charge in [-0.1, -0.05) is 40.9 Å². The number of hydrogen-bond acceptors (Lipinski definition) is 1. The zero-order valence-corrected chi connectivity index (χ0v) is 15.2. The van der Waals surface area contributed by atoms with Gasteiger partial charge >= 0.3 is 0 Å². The first-order valence-electron chi connectivity index (χ1n) is 7.79. The molecule has 0 unspecified atom stereocenters. The van der Waals surface area contributed by atoms with E-state index >= 15 is 0 Å². The van der Waals surface area contributed by atoms with Crippen molar-refractivity contribution in [1.82, 2.24) is 0 Å². The summed E-state index contributed by atoms with van der Waals surface area (Å²) in [6, 6.07) is 11.0. The number of aliphatic imine (C=N–C) groups is 1. The fourth-order valence-electron chi connectivity index (χ4n) is 3.09. The quantitative estimate of drug-likeness (QED) is 0.611. The lowest BCUT2D eigenvalue weighted by Gasteiger charge is -2.23. The van der Waals surface area contributed by atoms with Gasteiger partial charge < -0.3 is 11.5 Å². The average molecular weight is 374 g/mol. The molecular formula is C19H17Cl2N3O. The molecule has 128 valence electrons. The van der Waals surface area contributed by atoms with E-state index in [0.717, 1.165) is 35.1 Å². The molecule has 0 atom stereocenters. The number of amides is 1. The Morgan fingerprint density at radius 3 is 2.48 bits per heavy atom. The fraction of sp³-hybridized carbons (Fsp3) is 0.158. The summed E-state index contributed by atoms with van der Waals surface area (Å²) < 4.78 is 0. The van der Waals surface area contributed by atoms with Crippen LogP contribution in [0.25, 0.3) is 5.57 Å². The van der Waals surface area contributed by atoms with Crippen LogP contribution in [0.1, 0.15) is 40.4 Å². The number of halogens is 2. The van der Waals surface area contributed by atoms with Crippen LogP contribution in [0, 0.1) is 0 Å². The third kappa shape index (κ3) is 3.55. The molecular weight excluding hydrogens is 357 g/mol. The minimum absolute atomic E-state index is 0.254. The Morgan fingerprint density at radius 2 is 1.80 bits per heavy atom. The Bertz CT molecular complexity index is 928. The lowest BCUT2D eigenvalue weighted by atomic mass is 9.82. The summed E-state index contributed by atoms with van der Waals surface area (Å²) in [5.74, 6) is -0.719. The van der Waals surface area contributed by atoms with Crippen LogP contribution in [0.4, 0.5) is 0 Å². The molecule has 0 aromatic heterocycles. The van der Waals surface area contributed by atoms with E-state index in [1.54, 1.807) is 12.1 Å². The Hall–Kier alpha value is -2.30. The number of fused-ring (bicyclic) bond motifs is 1. The van der Waals surface area contributed by atoms with Gasteiger partial charge in [-0.15, -0.1) is 0 Å². The van der Waals surface area contributed by atoms with Gasteiger partial charge in [0.2, 0.25) is 0 Å². The summed E-state index contributed by atoms with van der Waals surface area (Å²) in [7, 11) is 0. The van der Waals surface area contributed by atoms with Crippen molar-refractivity contribution in [2.24, 2.45) is 16.5 Å². The van der Waals surface area contributed by atoms with Crippen molar-refractivity contribution in [1.29, 1.82) is 0 Å². The molecule has 2 aromatic rings. The molecule has 4 N–H and O–H groups in total. The third-order valence-corrected chi connectivity index (χ3v) is 4.80. The smallest absolute Gasteiger partial charge is 0.280 e. The minimum Gasteiger partial charge on any atom is -0.370 e. The maximum atomic E-state index is 12.2. The summed E-state index contributed by atoms with van der Waals surface area (Å²) in [6.45, 7) is 2.08. The molecule has 0 aliphatic heterocycles. The molecule has 0 radical (unpaired) electrons. The highest BCUT2D eigenvalue weighted by Gasteiger charge is 2.21. The predicted octanol–water partition coefficient (Wildman–Crippen LogP) is 4.18. The Balaban J connectivity index is 2.16. The fourth-order valence-corrected chi connectivity index (χ4v) is 3.59. The summed E-state index contributed by atoms with van der Waals surface area (Å²) in [5.41, 5.74) is 16.3. The molecule has 1 amide bonds. The second-order valence-electron chi connectivity index (χ2n) is 5.99. The average Bonchev–Trinajstić information content (AvgIpc) is 2.54. The predicted molar refractivity (Wildman–Crippen MR) is 103 cm³/mol. The van der Waals surface area contributed by atoms with Crippen molar-refractivity contribution in [3.8, 4) is 0 Å². The highest BCUT2D eigenvalue weighted by atomic mass is 35.5. The van der Waals surface area contributed by atoms with E-state index in [-0.39, 0.29) is 5.96 Å². The highest BCUT2D eigenvalue weighted by molar-refractivity contribution is 6.36. The molecule has 0 bridgehead atoms. The van der Waals surface area contributed by atoms with E-state index in [2.05, 4.69) is 11.9 Å². The van der Waals surface area contributed by atoms with E-state index in [9.17, 15) is 4.79 Å². The second-order valence-corrected chi connectivity index (χ2v) is 6.84. The van der Waals surface area contributed by atoms with Gasteiger partial charge in [0.25, 0.3) is 5.91 Å². The molecule has 4 nitrogen and oxygen atoms in total. The lowest BCUT2D eigenvalue weighted by Crippen LogP contribution is -2.24. The van der Waals surface area contributed by atoms with Crippen molar-refractivity contribution >= 4 is 40.6 Å². The molecule has 6 heteroatoms. The van der Waals surface area contributed by atoms with Gasteiger partial charge in [0.05, 0.1) is 0 Å². The number of benzene rings is 2. The number of nitrogens with two attached hydrogens (primary N) is 2.